The van der Waals surface area contributed by atoms with E-state index in [-0.39, 0.29) is 5.89 Å². The Morgan fingerprint density at radius 3 is 2.93 bits per heavy atom. The van der Waals surface area contributed by atoms with Crippen LogP contribution in [0, 0.1) is 5.92 Å². The van der Waals surface area contributed by atoms with E-state index in [9.17, 15) is 4.79 Å². The van der Waals surface area contributed by atoms with Crippen molar-refractivity contribution in [2.24, 2.45) is 5.92 Å². The Morgan fingerprint density at radius 2 is 2.33 bits per heavy atom. The third-order valence-corrected chi connectivity index (χ3v) is 2.07. The quantitative estimate of drug-likeness (QED) is 0.749. The molecule has 1 heterocycles. The maximum atomic E-state index is 10.2. The van der Waals surface area contributed by atoms with Gasteiger partial charge in [0.2, 0.25) is 11.8 Å². The molecule has 0 saturated heterocycles. The smallest absolute Gasteiger partial charge is 0.328 e. The average Bonchev–Trinajstić information content (AvgIpc) is 2.62. The van der Waals surface area contributed by atoms with E-state index < -0.39 is 5.97 Å². The summed E-state index contributed by atoms with van der Waals surface area (Å²) in [4.78, 5) is 10.2. The summed E-state index contributed by atoms with van der Waals surface area (Å²) in [6, 6.07) is 0. The summed E-state index contributed by atoms with van der Waals surface area (Å²) in [7, 11) is 0. The molecule has 1 rings (SSSR count). The number of rotatable bonds is 5. The molecule has 5 heteroatoms. The van der Waals surface area contributed by atoms with Crippen molar-refractivity contribution in [3.8, 4) is 0 Å². The topological polar surface area (TPSA) is 76.2 Å². The lowest BCUT2D eigenvalue weighted by molar-refractivity contribution is -0.131. The van der Waals surface area contributed by atoms with E-state index in [2.05, 4.69) is 24.0 Å². The summed E-state index contributed by atoms with van der Waals surface area (Å²) in [5.74, 6) is 0.239. The van der Waals surface area contributed by atoms with E-state index >= 15 is 0 Å². The molecule has 0 saturated carbocycles. The molecule has 0 fully saturated rings. The largest absolute Gasteiger partial charge is 0.478 e. The van der Waals surface area contributed by atoms with Crippen LogP contribution in [0.25, 0.3) is 6.08 Å². The third-order valence-electron chi connectivity index (χ3n) is 2.07. The Kier molecular flexibility index (Phi) is 4.03. The zero-order chi connectivity index (χ0) is 11.3. The lowest BCUT2D eigenvalue weighted by Gasteiger charge is -2.01. The van der Waals surface area contributed by atoms with Crippen molar-refractivity contribution < 1.29 is 14.3 Å². The summed E-state index contributed by atoms with van der Waals surface area (Å²) in [5.41, 5.74) is 0. The van der Waals surface area contributed by atoms with Crippen LogP contribution in [0.5, 0.6) is 0 Å². The minimum Gasteiger partial charge on any atom is -0.478 e. The molecule has 0 aliphatic rings. The summed E-state index contributed by atoms with van der Waals surface area (Å²) in [5, 5.41) is 15.9. The van der Waals surface area contributed by atoms with Crippen molar-refractivity contribution in [3.05, 3.63) is 17.9 Å². The molecule has 5 nitrogen and oxygen atoms in total. The molecule has 1 unspecified atom stereocenters. The zero-order valence-electron chi connectivity index (χ0n) is 8.80. The first-order chi connectivity index (χ1) is 7.11. The third kappa shape index (κ3) is 3.93. The van der Waals surface area contributed by atoms with Crippen molar-refractivity contribution in [1.29, 1.82) is 0 Å². The summed E-state index contributed by atoms with van der Waals surface area (Å²) < 4.78 is 5.23. The molecule has 1 N–H and O–H groups in total. The van der Waals surface area contributed by atoms with E-state index in [1.165, 1.54) is 6.08 Å². The van der Waals surface area contributed by atoms with Gasteiger partial charge in [-0.2, -0.15) is 0 Å². The Bertz CT molecular complexity index is 357. The second-order valence-electron chi connectivity index (χ2n) is 3.42. The molecule has 0 aliphatic heterocycles. The molecule has 0 amide bonds. The number of carboxylic acid groups (broad SMARTS) is 1. The van der Waals surface area contributed by atoms with E-state index in [0.29, 0.717) is 11.8 Å². The van der Waals surface area contributed by atoms with Crippen LogP contribution in [-0.2, 0) is 11.2 Å². The molecular weight excluding hydrogens is 196 g/mol. The molecule has 1 atom stereocenters. The first-order valence-electron chi connectivity index (χ1n) is 4.85. The Morgan fingerprint density at radius 1 is 1.60 bits per heavy atom. The number of hydrogen-bond acceptors (Lipinski definition) is 4. The number of carbonyl (C=O) groups is 1. The van der Waals surface area contributed by atoms with Crippen molar-refractivity contribution >= 4 is 12.0 Å². The van der Waals surface area contributed by atoms with Crippen LogP contribution in [0.4, 0.5) is 0 Å². The average molecular weight is 210 g/mol. The number of nitrogens with zero attached hydrogens (tertiary/aromatic N) is 2. The van der Waals surface area contributed by atoms with E-state index in [1.807, 2.05) is 0 Å². The molecule has 0 bridgehead atoms. The zero-order valence-corrected chi connectivity index (χ0v) is 8.80. The minimum atomic E-state index is -1.03. The van der Waals surface area contributed by atoms with Gasteiger partial charge in [-0.25, -0.2) is 4.79 Å². The van der Waals surface area contributed by atoms with Gasteiger partial charge in [0.05, 0.1) is 0 Å². The van der Waals surface area contributed by atoms with Crippen molar-refractivity contribution in [1.82, 2.24) is 10.2 Å². The highest BCUT2D eigenvalue weighted by atomic mass is 16.4. The first-order valence-corrected chi connectivity index (χ1v) is 4.85. The Hall–Kier alpha value is -1.65. The highest BCUT2D eigenvalue weighted by Crippen LogP contribution is 2.10. The molecule has 0 aromatic carbocycles. The highest BCUT2D eigenvalue weighted by molar-refractivity contribution is 5.84. The molecule has 0 spiro atoms. The van der Waals surface area contributed by atoms with Crippen LogP contribution >= 0.6 is 0 Å². The van der Waals surface area contributed by atoms with Gasteiger partial charge in [0.15, 0.2) is 0 Å². The van der Waals surface area contributed by atoms with Gasteiger partial charge in [-0.05, 0) is 5.92 Å². The van der Waals surface area contributed by atoms with Gasteiger partial charge >= 0.3 is 5.97 Å². The van der Waals surface area contributed by atoms with Crippen molar-refractivity contribution in [3.63, 3.8) is 0 Å². The fourth-order valence-corrected chi connectivity index (χ4v) is 1.00. The Balaban J connectivity index is 2.60. The predicted octanol–water partition coefficient (Wildman–Crippen LogP) is 1.76. The van der Waals surface area contributed by atoms with Gasteiger partial charge < -0.3 is 9.52 Å². The van der Waals surface area contributed by atoms with E-state index in [0.717, 1.165) is 18.9 Å². The summed E-state index contributed by atoms with van der Waals surface area (Å²) in [6.07, 6.45) is 4.03. The predicted molar refractivity (Wildman–Crippen MR) is 54.1 cm³/mol. The van der Waals surface area contributed by atoms with E-state index in [4.69, 9.17) is 9.52 Å². The van der Waals surface area contributed by atoms with E-state index in [1.54, 1.807) is 0 Å². The molecule has 82 valence electrons. The lowest BCUT2D eigenvalue weighted by Crippen LogP contribution is -1.97. The first kappa shape index (κ1) is 11.4. The summed E-state index contributed by atoms with van der Waals surface area (Å²) >= 11 is 0. The fourth-order valence-electron chi connectivity index (χ4n) is 1.00. The minimum absolute atomic E-state index is 0.232. The van der Waals surface area contributed by atoms with Gasteiger partial charge in [-0.1, -0.05) is 20.3 Å². The highest BCUT2D eigenvalue weighted by Gasteiger charge is 2.07. The van der Waals surface area contributed by atoms with Crippen LogP contribution in [0.1, 0.15) is 32.0 Å². The van der Waals surface area contributed by atoms with Crippen LogP contribution in [0.3, 0.4) is 0 Å². The molecule has 15 heavy (non-hydrogen) atoms. The number of aliphatic carboxylic acids is 1. The SMILES string of the molecule is CCC(C)Cc1nnc(/C=C/C(=O)O)o1. The van der Waals surface area contributed by atoms with Crippen molar-refractivity contribution in [2.75, 3.05) is 0 Å². The van der Waals surface area contributed by atoms with Crippen LogP contribution in [0.2, 0.25) is 0 Å². The molecule has 1 aromatic rings. The monoisotopic (exact) mass is 210 g/mol. The second kappa shape index (κ2) is 5.29. The number of carboxylic acids is 1. The Labute approximate surface area is 87.8 Å². The number of hydrogen-bond donors (Lipinski definition) is 1. The summed E-state index contributed by atoms with van der Waals surface area (Å²) in [6.45, 7) is 4.18. The van der Waals surface area contributed by atoms with Gasteiger partial charge in [-0.3, -0.25) is 0 Å². The normalized spacial score (nSPS) is 13.2. The standard InChI is InChI=1S/C10H14N2O3/c1-3-7(2)6-9-12-11-8(15-9)4-5-10(13)14/h4-5,7H,3,6H2,1-2H3,(H,13,14)/b5-4+. The van der Waals surface area contributed by atoms with Gasteiger partial charge in [0.25, 0.3) is 0 Å². The molecular formula is C10H14N2O3. The van der Waals surface area contributed by atoms with Gasteiger partial charge in [0, 0.05) is 18.6 Å². The van der Waals surface area contributed by atoms with Gasteiger partial charge in [0.1, 0.15) is 0 Å². The molecule has 0 radical (unpaired) electrons. The van der Waals surface area contributed by atoms with Crippen molar-refractivity contribution in [2.45, 2.75) is 26.7 Å². The second-order valence-corrected chi connectivity index (χ2v) is 3.42. The fraction of sp³-hybridized carbons (Fsp3) is 0.500. The van der Waals surface area contributed by atoms with Crippen LogP contribution in [-0.4, -0.2) is 21.3 Å². The number of aromatic nitrogens is 2. The maximum Gasteiger partial charge on any atom is 0.328 e. The molecule has 1 aromatic heterocycles. The van der Waals surface area contributed by atoms with Crippen LogP contribution in [0.15, 0.2) is 10.5 Å². The molecule has 0 aliphatic carbocycles. The maximum absolute atomic E-state index is 10.2. The van der Waals surface area contributed by atoms with Crippen LogP contribution < -0.4 is 0 Å². The van der Waals surface area contributed by atoms with Gasteiger partial charge in [-0.15, -0.1) is 10.2 Å². The lowest BCUT2D eigenvalue weighted by atomic mass is 10.1.